The van der Waals surface area contributed by atoms with E-state index in [4.69, 9.17) is 9.47 Å². The molecule has 3 heteroatoms. The van der Waals surface area contributed by atoms with E-state index < -0.39 is 0 Å². The van der Waals surface area contributed by atoms with Crippen LogP contribution in [0.1, 0.15) is 24.5 Å². The highest BCUT2D eigenvalue weighted by atomic mass is 16.5. The average Bonchev–Trinajstić information content (AvgIpc) is 2.46. The summed E-state index contributed by atoms with van der Waals surface area (Å²) >= 11 is 0. The summed E-state index contributed by atoms with van der Waals surface area (Å²) in [6.07, 6.45) is 1.01. The fourth-order valence-electron chi connectivity index (χ4n) is 2.12. The molecule has 2 rings (SSSR count). The van der Waals surface area contributed by atoms with Gasteiger partial charge >= 0.3 is 0 Å². The van der Waals surface area contributed by atoms with Crippen molar-refractivity contribution in [3.63, 3.8) is 0 Å². The summed E-state index contributed by atoms with van der Waals surface area (Å²) in [5, 5.41) is 0. The third kappa shape index (κ3) is 4.37. The van der Waals surface area contributed by atoms with E-state index in [1.165, 1.54) is 5.56 Å². The molecule has 3 nitrogen and oxygen atoms in total. The van der Waals surface area contributed by atoms with Gasteiger partial charge in [0.05, 0.1) is 19.8 Å². The van der Waals surface area contributed by atoms with E-state index in [2.05, 4.69) is 42.7 Å². The molecule has 0 aliphatic carbocycles. The van der Waals surface area contributed by atoms with Crippen molar-refractivity contribution in [3.8, 4) is 0 Å². The molecule has 0 N–H and O–H groups in total. The lowest BCUT2D eigenvalue weighted by molar-refractivity contribution is 0.0342. The fourth-order valence-corrected chi connectivity index (χ4v) is 2.12. The van der Waals surface area contributed by atoms with E-state index in [1.54, 1.807) is 0 Å². The van der Waals surface area contributed by atoms with Crippen molar-refractivity contribution in [2.24, 2.45) is 0 Å². The summed E-state index contributed by atoms with van der Waals surface area (Å²) in [6.45, 7) is 11.5. The molecule has 0 radical (unpaired) electrons. The summed E-state index contributed by atoms with van der Waals surface area (Å²) in [7, 11) is 0. The SMILES string of the molecule is C=C(OCCC)c1ccc(CN2CCOCC2)cc1. The second kappa shape index (κ2) is 7.31. The van der Waals surface area contributed by atoms with Crippen LogP contribution in [0.4, 0.5) is 0 Å². The first-order valence-corrected chi connectivity index (χ1v) is 7.00. The van der Waals surface area contributed by atoms with Crippen molar-refractivity contribution in [1.29, 1.82) is 0 Å². The molecule has 1 aromatic carbocycles. The van der Waals surface area contributed by atoms with Gasteiger partial charge in [0.15, 0.2) is 0 Å². The van der Waals surface area contributed by atoms with Gasteiger partial charge in [-0.25, -0.2) is 0 Å². The lowest BCUT2D eigenvalue weighted by Crippen LogP contribution is -2.35. The molecule has 19 heavy (non-hydrogen) atoms. The number of hydrogen-bond acceptors (Lipinski definition) is 3. The molecule has 0 atom stereocenters. The number of benzene rings is 1. The number of rotatable bonds is 6. The molecule has 0 saturated carbocycles. The molecule has 1 saturated heterocycles. The molecule has 1 fully saturated rings. The molecular formula is C16H23NO2. The molecule has 1 aromatic rings. The van der Waals surface area contributed by atoms with Crippen LogP contribution in [-0.4, -0.2) is 37.8 Å². The number of hydrogen-bond donors (Lipinski definition) is 0. The molecule has 1 aliphatic rings. The molecule has 0 bridgehead atoms. The number of ether oxygens (including phenoxy) is 2. The third-order valence-electron chi connectivity index (χ3n) is 3.27. The molecule has 1 heterocycles. The lowest BCUT2D eigenvalue weighted by atomic mass is 10.1. The van der Waals surface area contributed by atoms with Crippen molar-refractivity contribution >= 4 is 5.76 Å². The van der Waals surface area contributed by atoms with E-state index in [9.17, 15) is 0 Å². The lowest BCUT2D eigenvalue weighted by Gasteiger charge is -2.26. The maximum absolute atomic E-state index is 5.55. The van der Waals surface area contributed by atoms with Gasteiger partial charge in [0.25, 0.3) is 0 Å². The molecule has 0 spiro atoms. The zero-order valence-corrected chi connectivity index (χ0v) is 11.7. The van der Waals surface area contributed by atoms with Gasteiger partial charge in [-0.1, -0.05) is 37.8 Å². The Morgan fingerprint density at radius 2 is 1.95 bits per heavy atom. The number of nitrogens with zero attached hydrogens (tertiary/aromatic N) is 1. The minimum absolute atomic E-state index is 0.731. The van der Waals surface area contributed by atoms with Gasteiger partial charge in [-0.05, 0) is 12.0 Å². The largest absolute Gasteiger partial charge is 0.494 e. The van der Waals surface area contributed by atoms with Crippen LogP contribution >= 0.6 is 0 Å². The minimum Gasteiger partial charge on any atom is -0.494 e. The Bertz CT molecular complexity index is 394. The van der Waals surface area contributed by atoms with Crippen LogP contribution in [0, 0.1) is 0 Å². The Hall–Kier alpha value is -1.32. The van der Waals surface area contributed by atoms with Gasteiger partial charge in [0.2, 0.25) is 0 Å². The molecule has 0 aromatic heterocycles. The monoisotopic (exact) mass is 261 g/mol. The van der Waals surface area contributed by atoms with Gasteiger partial charge < -0.3 is 9.47 Å². The highest BCUT2D eigenvalue weighted by Crippen LogP contribution is 2.16. The van der Waals surface area contributed by atoms with Crippen LogP contribution in [0.2, 0.25) is 0 Å². The highest BCUT2D eigenvalue weighted by Gasteiger charge is 2.10. The average molecular weight is 261 g/mol. The Balaban J connectivity index is 1.88. The van der Waals surface area contributed by atoms with Crippen molar-refractivity contribution < 1.29 is 9.47 Å². The van der Waals surface area contributed by atoms with Gasteiger partial charge in [-0.15, -0.1) is 0 Å². The van der Waals surface area contributed by atoms with Gasteiger partial charge in [0.1, 0.15) is 5.76 Å². The summed E-state index contributed by atoms with van der Waals surface area (Å²) in [5.74, 6) is 0.764. The Labute approximate surface area is 115 Å². The first kappa shape index (κ1) is 14.1. The van der Waals surface area contributed by atoms with Crippen molar-refractivity contribution in [2.75, 3.05) is 32.9 Å². The van der Waals surface area contributed by atoms with Crippen LogP contribution in [0.3, 0.4) is 0 Å². The summed E-state index contributed by atoms with van der Waals surface area (Å²) in [4.78, 5) is 2.42. The normalized spacial score (nSPS) is 16.3. The Kier molecular flexibility index (Phi) is 5.43. The predicted octanol–water partition coefficient (Wildman–Crippen LogP) is 2.92. The van der Waals surface area contributed by atoms with E-state index in [0.717, 1.165) is 57.2 Å². The van der Waals surface area contributed by atoms with Crippen LogP contribution < -0.4 is 0 Å². The first-order chi connectivity index (χ1) is 9.29. The van der Waals surface area contributed by atoms with Crippen LogP contribution in [0.25, 0.3) is 5.76 Å². The number of morpholine rings is 1. The van der Waals surface area contributed by atoms with Crippen LogP contribution in [0.15, 0.2) is 30.8 Å². The van der Waals surface area contributed by atoms with Gasteiger partial charge in [-0.2, -0.15) is 0 Å². The second-order valence-corrected chi connectivity index (χ2v) is 4.86. The van der Waals surface area contributed by atoms with Gasteiger partial charge in [-0.3, -0.25) is 4.90 Å². The quantitative estimate of drug-likeness (QED) is 0.735. The molecule has 0 amide bonds. The van der Waals surface area contributed by atoms with Crippen molar-refractivity contribution in [1.82, 2.24) is 4.90 Å². The smallest absolute Gasteiger partial charge is 0.119 e. The Morgan fingerprint density at radius 3 is 2.58 bits per heavy atom. The standard InChI is InChI=1S/C16H23NO2/c1-3-10-19-14(2)16-6-4-15(5-7-16)13-17-8-11-18-12-9-17/h4-7H,2-3,8-13H2,1H3. The van der Waals surface area contributed by atoms with E-state index in [0.29, 0.717) is 0 Å². The predicted molar refractivity (Wildman–Crippen MR) is 77.8 cm³/mol. The minimum atomic E-state index is 0.731. The summed E-state index contributed by atoms with van der Waals surface area (Å²) < 4.78 is 10.9. The molecule has 104 valence electrons. The van der Waals surface area contributed by atoms with Crippen LogP contribution in [0.5, 0.6) is 0 Å². The fraction of sp³-hybridized carbons (Fsp3) is 0.500. The summed E-state index contributed by atoms with van der Waals surface area (Å²) in [6, 6.07) is 8.50. The van der Waals surface area contributed by atoms with E-state index in [-0.39, 0.29) is 0 Å². The second-order valence-electron chi connectivity index (χ2n) is 4.86. The third-order valence-corrected chi connectivity index (χ3v) is 3.27. The topological polar surface area (TPSA) is 21.7 Å². The van der Waals surface area contributed by atoms with Gasteiger partial charge in [0, 0.05) is 25.2 Å². The van der Waals surface area contributed by atoms with Crippen LogP contribution in [-0.2, 0) is 16.0 Å². The maximum atomic E-state index is 5.55. The van der Waals surface area contributed by atoms with E-state index >= 15 is 0 Å². The maximum Gasteiger partial charge on any atom is 0.119 e. The zero-order chi connectivity index (χ0) is 13.5. The van der Waals surface area contributed by atoms with Crippen molar-refractivity contribution in [3.05, 3.63) is 42.0 Å². The molecule has 1 aliphatic heterocycles. The van der Waals surface area contributed by atoms with Crippen molar-refractivity contribution in [2.45, 2.75) is 19.9 Å². The zero-order valence-electron chi connectivity index (χ0n) is 11.7. The highest BCUT2D eigenvalue weighted by molar-refractivity contribution is 5.57. The molecular weight excluding hydrogens is 238 g/mol. The Morgan fingerprint density at radius 1 is 1.26 bits per heavy atom. The molecule has 0 unspecified atom stereocenters. The summed E-state index contributed by atoms with van der Waals surface area (Å²) in [5.41, 5.74) is 2.40. The first-order valence-electron chi connectivity index (χ1n) is 7.00. The van der Waals surface area contributed by atoms with E-state index in [1.807, 2.05) is 0 Å².